The van der Waals surface area contributed by atoms with Gasteiger partial charge in [0, 0.05) is 24.8 Å². The molecule has 1 aromatic heterocycles. The fourth-order valence-corrected chi connectivity index (χ4v) is 2.78. The summed E-state index contributed by atoms with van der Waals surface area (Å²) in [6.45, 7) is 4.70. The summed E-state index contributed by atoms with van der Waals surface area (Å²) in [6, 6.07) is 4.14. The van der Waals surface area contributed by atoms with E-state index in [1.54, 1.807) is 0 Å². The monoisotopic (exact) mass is 293 g/mol. The van der Waals surface area contributed by atoms with Gasteiger partial charge in [-0.2, -0.15) is 0 Å². The van der Waals surface area contributed by atoms with E-state index in [0.717, 1.165) is 18.5 Å². The molecule has 0 bridgehead atoms. The van der Waals surface area contributed by atoms with Crippen LogP contribution in [-0.4, -0.2) is 51.6 Å². The maximum Gasteiger partial charge on any atom is 0.317 e. The number of carboxylic acids is 1. The highest BCUT2D eigenvalue weighted by Crippen LogP contribution is 2.25. The number of amides is 1. The Morgan fingerprint density at radius 3 is 2.57 bits per heavy atom. The Morgan fingerprint density at radius 1 is 1.43 bits per heavy atom. The third-order valence-corrected chi connectivity index (χ3v) is 4.31. The summed E-state index contributed by atoms with van der Waals surface area (Å²) in [4.78, 5) is 24.9. The van der Waals surface area contributed by atoms with E-state index in [0.29, 0.717) is 12.2 Å². The van der Waals surface area contributed by atoms with Gasteiger partial charge in [-0.1, -0.05) is 6.92 Å². The highest BCUT2D eigenvalue weighted by molar-refractivity contribution is 5.93. The van der Waals surface area contributed by atoms with Gasteiger partial charge in [-0.25, -0.2) is 0 Å². The standard InChI is InChI=1S/C15H23N3O3/c1-4-18(9-14(19)20)12-7-11(8-12)16-15(21)13-6-5-10(2)17(13)3/h5-6,11-12H,4,7-9H2,1-3H3,(H,16,21)(H,19,20). The molecule has 0 spiro atoms. The zero-order valence-corrected chi connectivity index (χ0v) is 12.8. The second-order valence-corrected chi connectivity index (χ2v) is 5.67. The van der Waals surface area contributed by atoms with Crippen molar-refractivity contribution in [2.24, 2.45) is 7.05 Å². The van der Waals surface area contributed by atoms with Crippen LogP contribution in [0, 0.1) is 6.92 Å². The van der Waals surface area contributed by atoms with Gasteiger partial charge < -0.3 is 15.0 Å². The van der Waals surface area contributed by atoms with Gasteiger partial charge in [-0.15, -0.1) is 0 Å². The molecule has 2 N–H and O–H groups in total. The summed E-state index contributed by atoms with van der Waals surface area (Å²) in [7, 11) is 1.87. The molecule has 0 atom stereocenters. The number of hydrogen-bond donors (Lipinski definition) is 2. The smallest absolute Gasteiger partial charge is 0.317 e. The Hall–Kier alpha value is -1.82. The molecule has 21 heavy (non-hydrogen) atoms. The van der Waals surface area contributed by atoms with Crippen LogP contribution in [0.4, 0.5) is 0 Å². The minimum Gasteiger partial charge on any atom is -0.480 e. The van der Waals surface area contributed by atoms with Crippen LogP contribution in [0.25, 0.3) is 0 Å². The SMILES string of the molecule is CCN(CC(=O)O)C1CC(NC(=O)c2ccc(C)n2C)C1. The molecule has 1 heterocycles. The van der Waals surface area contributed by atoms with Gasteiger partial charge in [0.15, 0.2) is 0 Å². The van der Waals surface area contributed by atoms with Gasteiger partial charge in [-0.3, -0.25) is 14.5 Å². The fraction of sp³-hybridized carbons (Fsp3) is 0.600. The minimum absolute atomic E-state index is 0.0599. The van der Waals surface area contributed by atoms with E-state index in [1.807, 2.05) is 42.5 Å². The Balaban J connectivity index is 1.84. The number of carbonyl (C=O) groups excluding carboxylic acids is 1. The maximum atomic E-state index is 12.2. The Bertz CT molecular complexity index is 532. The van der Waals surface area contributed by atoms with E-state index < -0.39 is 5.97 Å². The molecule has 1 aliphatic carbocycles. The van der Waals surface area contributed by atoms with Crippen molar-refractivity contribution in [1.29, 1.82) is 0 Å². The first-order chi connectivity index (χ1) is 9.92. The summed E-state index contributed by atoms with van der Waals surface area (Å²) < 4.78 is 1.87. The lowest BCUT2D eigenvalue weighted by molar-refractivity contribution is -0.139. The van der Waals surface area contributed by atoms with Crippen LogP contribution in [0.15, 0.2) is 12.1 Å². The second-order valence-electron chi connectivity index (χ2n) is 5.67. The topological polar surface area (TPSA) is 74.6 Å². The van der Waals surface area contributed by atoms with Crippen molar-refractivity contribution < 1.29 is 14.7 Å². The van der Waals surface area contributed by atoms with Crippen molar-refractivity contribution >= 4 is 11.9 Å². The normalized spacial score (nSPS) is 21.1. The summed E-state index contributed by atoms with van der Waals surface area (Å²) in [6.07, 6.45) is 1.63. The van der Waals surface area contributed by atoms with Crippen molar-refractivity contribution in [3.8, 4) is 0 Å². The van der Waals surface area contributed by atoms with Crippen LogP contribution >= 0.6 is 0 Å². The van der Waals surface area contributed by atoms with E-state index in [4.69, 9.17) is 5.11 Å². The van der Waals surface area contributed by atoms with Crippen molar-refractivity contribution in [1.82, 2.24) is 14.8 Å². The van der Waals surface area contributed by atoms with Crippen molar-refractivity contribution in [2.45, 2.75) is 38.8 Å². The van der Waals surface area contributed by atoms with Crippen molar-refractivity contribution in [2.75, 3.05) is 13.1 Å². The molecule has 1 aliphatic rings. The first-order valence-electron chi connectivity index (χ1n) is 7.31. The summed E-state index contributed by atoms with van der Waals surface area (Å²) >= 11 is 0. The van der Waals surface area contributed by atoms with E-state index in [9.17, 15) is 9.59 Å². The molecular formula is C15H23N3O3. The molecule has 6 nitrogen and oxygen atoms in total. The van der Waals surface area contributed by atoms with Gasteiger partial charge in [0.25, 0.3) is 5.91 Å². The van der Waals surface area contributed by atoms with Gasteiger partial charge in [0.2, 0.25) is 0 Å². The molecule has 1 fully saturated rings. The van der Waals surface area contributed by atoms with Crippen LogP contribution in [0.2, 0.25) is 0 Å². The van der Waals surface area contributed by atoms with Crippen LogP contribution in [-0.2, 0) is 11.8 Å². The summed E-state index contributed by atoms with van der Waals surface area (Å²) in [5.41, 5.74) is 1.71. The number of aryl methyl sites for hydroxylation is 1. The van der Waals surface area contributed by atoms with E-state index >= 15 is 0 Å². The van der Waals surface area contributed by atoms with E-state index in [1.165, 1.54) is 0 Å². The molecule has 0 radical (unpaired) electrons. The Kier molecular flexibility index (Phi) is 4.67. The lowest BCUT2D eigenvalue weighted by Gasteiger charge is -2.42. The van der Waals surface area contributed by atoms with Crippen LogP contribution < -0.4 is 5.32 Å². The number of hydrogen-bond acceptors (Lipinski definition) is 3. The van der Waals surface area contributed by atoms with Crippen LogP contribution in [0.5, 0.6) is 0 Å². The fourth-order valence-electron chi connectivity index (χ4n) is 2.78. The zero-order valence-electron chi connectivity index (χ0n) is 12.8. The molecule has 0 unspecified atom stereocenters. The van der Waals surface area contributed by atoms with Crippen molar-refractivity contribution in [3.63, 3.8) is 0 Å². The minimum atomic E-state index is -0.802. The third kappa shape index (κ3) is 3.44. The number of nitrogens with one attached hydrogen (secondary N) is 1. The number of aromatic nitrogens is 1. The van der Waals surface area contributed by atoms with Crippen LogP contribution in [0.1, 0.15) is 35.9 Å². The molecular weight excluding hydrogens is 270 g/mol. The number of nitrogens with zero attached hydrogens (tertiary/aromatic N) is 2. The van der Waals surface area contributed by atoms with Gasteiger partial charge in [0.1, 0.15) is 5.69 Å². The van der Waals surface area contributed by atoms with Gasteiger partial charge in [0.05, 0.1) is 6.54 Å². The zero-order chi connectivity index (χ0) is 15.6. The predicted molar refractivity (Wildman–Crippen MR) is 79.3 cm³/mol. The van der Waals surface area contributed by atoms with Crippen LogP contribution in [0.3, 0.4) is 0 Å². The number of carboxylic acid groups (broad SMARTS) is 1. The molecule has 0 saturated heterocycles. The lowest BCUT2D eigenvalue weighted by atomic mass is 9.85. The van der Waals surface area contributed by atoms with E-state index in [-0.39, 0.29) is 24.5 Å². The average Bonchev–Trinajstić information content (AvgIpc) is 2.71. The number of carbonyl (C=O) groups is 2. The quantitative estimate of drug-likeness (QED) is 0.820. The predicted octanol–water partition coefficient (Wildman–Crippen LogP) is 1.00. The molecule has 1 aromatic rings. The average molecular weight is 293 g/mol. The molecule has 0 aromatic carbocycles. The lowest BCUT2D eigenvalue weighted by Crippen LogP contribution is -2.54. The number of likely N-dealkylation sites (N-methyl/N-ethyl adjacent to an activating group) is 1. The number of rotatable bonds is 6. The number of aliphatic carboxylic acids is 1. The third-order valence-electron chi connectivity index (χ3n) is 4.31. The highest BCUT2D eigenvalue weighted by atomic mass is 16.4. The Morgan fingerprint density at radius 2 is 2.10 bits per heavy atom. The largest absolute Gasteiger partial charge is 0.480 e. The molecule has 1 saturated carbocycles. The molecule has 2 rings (SSSR count). The van der Waals surface area contributed by atoms with Gasteiger partial charge in [-0.05, 0) is 38.4 Å². The Labute approximate surface area is 124 Å². The molecule has 1 amide bonds. The highest BCUT2D eigenvalue weighted by Gasteiger charge is 2.35. The second kappa shape index (κ2) is 6.30. The first kappa shape index (κ1) is 15.6. The van der Waals surface area contributed by atoms with E-state index in [2.05, 4.69) is 5.32 Å². The molecule has 0 aliphatic heterocycles. The maximum absolute atomic E-state index is 12.2. The summed E-state index contributed by atoms with van der Waals surface area (Å²) in [5.74, 6) is -0.862. The summed E-state index contributed by atoms with van der Waals surface area (Å²) in [5, 5.41) is 11.9. The van der Waals surface area contributed by atoms with Gasteiger partial charge >= 0.3 is 5.97 Å². The molecule has 6 heteroatoms. The van der Waals surface area contributed by atoms with Crippen molar-refractivity contribution in [3.05, 3.63) is 23.5 Å². The first-order valence-corrected chi connectivity index (χ1v) is 7.31. The molecule has 116 valence electrons.